The minimum atomic E-state index is 0.584. The fourth-order valence-corrected chi connectivity index (χ4v) is 3.64. The van der Waals surface area contributed by atoms with Gasteiger partial charge in [-0.25, -0.2) is 0 Å². The molecule has 150 valence electrons. The van der Waals surface area contributed by atoms with Gasteiger partial charge >= 0.3 is 0 Å². The van der Waals surface area contributed by atoms with E-state index in [1.165, 1.54) is 57.8 Å². The average Bonchev–Trinajstić information content (AvgIpc) is 2.74. The van der Waals surface area contributed by atoms with Crippen LogP contribution in [0.25, 0.3) is 0 Å². The van der Waals surface area contributed by atoms with Gasteiger partial charge in [0.05, 0.1) is 6.61 Å². The van der Waals surface area contributed by atoms with E-state index in [0.717, 1.165) is 30.3 Å². The van der Waals surface area contributed by atoms with E-state index >= 15 is 0 Å². The van der Waals surface area contributed by atoms with Crippen LogP contribution in [0.1, 0.15) is 83.6 Å². The van der Waals surface area contributed by atoms with Crippen molar-refractivity contribution < 1.29 is 4.74 Å². The number of hydrogen-bond acceptors (Lipinski definition) is 1. The lowest BCUT2D eigenvalue weighted by atomic mass is 9.80. The molecular formula is C27H36O. The second-order valence-corrected chi connectivity index (χ2v) is 7.83. The third-order valence-electron chi connectivity index (χ3n) is 5.44. The van der Waals surface area contributed by atoms with Crippen LogP contribution in [0.15, 0.2) is 36.4 Å². The molecule has 1 fully saturated rings. The molecule has 1 aliphatic carbocycles. The maximum Gasteiger partial charge on any atom is 0.119 e. The van der Waals surface area contributed by atoms with Crippen molar-refractivity contribution in [2.45, 2.75) is 78.1 Å². The largest absolute Gasteiger partial charge is 0.494 e. The highest BCUT2D eigenvalue weighted by molar-refractivity contribution is 5.40. The molecule has 1 saturated carbocycles. The van der Waals surface area contributed by atoms with Gasteiger partial charge in [-0.2, -0.15) is 0 Å². The molecule has 0 aromatic heterocycles. The topological polar surface area (TPSA) is 9.23 Å². The van der Waals surface area contributed by atoms with Crippen molar-refractivity contribution in [3.05, 3.63) is 42.0 Å². The van der Waals surface area contributed by atoms with E-state index in [-0.39, 0.29) is 0 Å². The molecule has 1 aromatic carbocycles. The molecule has 1 aliphatic rings. The summed E-state index contributed by atoms with van der Waals surface area (Å²) in [5.74, 6) is 15.3. The maximum atomic E-state index is 5.72. The fourth-order valence-electron chi connectivity index (χ4n) is 3.64. The van der Waals surface area contributed by atoms with E-state index in [2.05, 4.69) is 37.5 Å². The van der Waals surface area contributed by atoms with Gasteiger partial charge in [-0.3, -0.25) is 0 Å². The van der Waals surface area contributed by atoms with Gasteiger partial charge in [-0.05, 0) is 74.4 Å². The van der Waals surface area contributed by atoms with Crippen molar-refractivity contribution in [3.8, 4) is 29.4 Å². The zero-order chi connectivity index (χ0) is 19.9. The molecule has 2 rings (SSSR count). The second-order valence-electron chi connectivity index (χ2n) is 7.83. The van der Waals surface area contributed by atoms with Crippen LogP contribution in [0.4, 0.5) is 0 Å². The molecule has 1 aromatic rings. The predicted molar refractivity (Wildman–Crippen MR) is 120 cm³/mol. The van der Waals surface area contributed by atoms with Crippen molar-refractivity contribution in [1.82, 2.24) is 0 Å². The van der Waals surface area contributed by atoms with Gasteiger partial charge in [-0.1, -0.05) is 69.6 Å². The van der Waals surface area contributed by atoms with Crippen molar-refractivity contribution in [2.75, 3.05) is 6.61 Å². The molecule has 0 saturated heterocycles. The van der Waals surface area contributed by atoms with Crippen molar-refractivity contribution in [3.63, 3.8) is 0 Å². The van der Waals surface area contributed by atoms with E-state index in [9.17, 15) is 0 Å². The molecular weight excluding hydrogens is 340 g/mol. The molecule has 28 heavy (non-hydrogen) atoms. The van der Waals surface area contributed by atoms with Gasteiger partial charge in [0, 0.05) is 11.5 Å². The Morgan fingerprint density at radius 1 is 0.893 bits per heavy atom. The molecule has 0 radical (unpaired) electrons. The highest BCUT2D eigenvalue weighted by Crippen LogP contribution is 2.31. The number of benzene rings is 1. The number of ether oxygens (including phenoxy) is 1. The summed E-state index contributed by atoms with van der Waals surface area (Å²) >= 11 is 0. The lowest BCUT2D eigenvalue weighted by molar-refractivity contribution is 0.296. The number of unbranched alkanes of at least 4 members (excludes halogenated alkanes) is 3. The summed E-state index contributed by atoms with van der Waals surface area (Å²) in [4.78, 5) is 0. The van der Waals surface area contributed by atoms with E-state index in [0.29, 0.717) is 5.92 Å². The first-order valence-corrected chi connectivity index (χ1v) is 11.2. The van der Waals surface area contributed by atoms with E-state index < -0.39 is 0 Å². The number of allylic oxidation sites excluding steroid dienone is 2. The minimum absolute atomic E-state index is 0.584. The van der Waals surface area contributed by atoms with Gasteiger partial charge in [0.1, 0.15) is 5.75 Å². The van der Waals surface area contributed by atoms with Crippen molar-refractivity contribution in [1.29, 1.82) is 0 Å². The highest BCUT2D eigenvalue weighted by Gasteiger charge is 2.18. The summed E-state index contributed by atoms with van der Waals surface area (Å²) in [7, 11) is 0. The van der Waals surface area contributed by atoms with Gasteiger partial charge in [0.2, 0.25) is 0 Å². The quantitative estimate of drug-likeness (QED) is 0.345. The van der Waals surface area contributed by atoms with E-state index in [4.69, 9.17) is 4.74 Å². The summed E-state index contributed by atoms with van der Waals surface area (Å²) in [6.07, 6.45) is 16.7. The van der Waals surface area contributed by atoms with Crippen LogP contribution in [-0.2, 0) is 0 Å². The first-order valence-electron chi connectivity index (χ1n) is 11.2. The molecule has 0 aliphatic heterocycles. The van der Waals surface area contributed by atoms with Crippen LogP contribution < -0.4 is 4.74 Å². The Hall–Kier alpha value is -2.12. The zero-order valence-corrected chi connectivity index (χ0v) is 17.8. The summed E-state index contributed by atoms with van der Waals surface area (Å²) in [5, 5.41) is 0. The fraction of sp³-hybridized carbons (Fsp3) is 0.556. The Labute approximate surface area is 173 Å². The molecule has 0 N–H and O–H groups in total. The van der Waals surface area contributed by atoms with Crippen molar-refractivity contribution >= 4 is 0 Å². The van der Waals surface area contributed by atoms with Crippen LogP contribution in [-0.4, -0.2) is 6.61 Å². The van der Waals surface area contributed by atoms with Crippen LogP contribution in [0.5, 0.6) is 5.75 Å². The second kappa shape index (κ2) is 14.0. The van der Waals surface area contributed by atoms with Gasteiger partial charge in [0.15, 0.2) is 0 Å². The monoisotopic (exact) mass is 376 g/mol. The number of rotatable bonds is 8. The van der Waals surface area contributed by atoms with Crippen LogP contribution in [0.2, 0.25) is 0 Å². The molecule has 0 heterocycles. The third-order valence-corrected chi connectivity index (χ3v) is 5.44. The standard InChI is InChI=1S/C27H36O/c1-3-5-11-23-28-27-21-19-26(20-22-27)14-10-8-7-9-13-25-17-15-24(16-18-25)12-6-4-2/h7-8,19-22,24-25H,3-6,11-12,15-18,23H2,1-2H3. The number of hydrogen-bond donors (Lipinski definition) is 0. The van der Waals surface area contributed by atoms with Crippen molar-refractivity contribution in [2.24, 2.45) is 11.8 Å². The van der Waals surface area contributed by atoms with E-state index in [1.54, 1.807) is 0 Å². The first kappa shape index (κ1) is 22.2. The first-order chi connectivity index (χ1) is 13.8. The Morgan fingerprint density at radius 3 is 2.32 bits per heavy atom. The normalized spacial score (nSPS) is 18.8. The average molecular weight is 377 g/mol. The molecule has 1 heteroatoms. The van der Waals surface area contributed by atoms with Gasteiger partial charge < -0.3 is 4.74 Å². The van der Waals surface area contributed by atoms with Gasteiger partial charge in [-0.15, -0.1) is 0 Å². The summed E-state index contributed by atoms with van der Waals surface area (Å²) in [6.45, 7) is 5.28. The lowest BCUT2D eigenvalue weighted by Crippen LogP contribution is -2.13. The Kier molecular flexibility index (Phi) is 11.1. The van der Waals surface area contributed by atoms with E-state index in [1.807, 2.05) is 36.4 Å². The maximum absolute atomic E-state index is 5.72. The summed E-state index contributed by atoms with van der Waals surface area (Å²) in [5.41, 5.74) is 1.00. The molecule has 0 amide bonds. The van der Waals surface area contributed by atoms with Crippen LogP contribution in [0, 0.1) is 35.5 Å². The highest BCUT2D eigenvalue weighted by atomic mass is 16.5. The summed E-state index contributed by atoms with van der Waals surface area (Å²) < 4.78 is 5.72. The molecule has 0 atom stereocenters. The lowest BCUT2D eigenvalue weighted by Gasteiger charge is -2.25. The van der Waals surface area contributed by atoms with Crippen LogP contribution in [0.3, 0.4) is 0 Å². The van der Waals surface area contributed by atoms with Crippen LogP contribution >= 0.6 is 0 Å². The smallest absolute Gasteiger partial charge is 0.119 e. The SMILES string of the molecule is CCCCCOc1ccc(C#CC=CC#CC2CCC(CCCC)CC2)cc1. The molecule has 0 unspecified atom stereocenters. The zero-order valence-electron chi connectivity index (χ0n) is 17.8. The Morgan fingerprint density at radius 2 is 1.61 bits per heavy atom. The minimum Gasteiger partial charge on any atom is -0.494 e. The Bertz CT molecular complexity index is 682. The Balaban J connectivity index is 1.69. The van der Waals surface area contributed by atoms with Gasteiger partial charge in [0.25, 0.3) is 0 Å². The predicted octanol–water partition coefficient (Wildman–Crippen LogP) is 7.16. The molecule has 0 spiro atoms. The molecule has 1 nitrogen and oxygen atoms in total. The summed E-state index contributed by atoms with van der Waals surface area (Å²) in [6, 6.07) is 8.02. The third kappa shape index (κ3) is 9.19. The molecule has 0 bridgehead atoms.